The van der Waals surface area contributed by atoms with Gasteiger partial charge in [-0.05, 0) is 68.9 Å². The van der Waals surface area contributed by atoms with Crippen molar-refractivity contribution in [1.82, 2.24) is 10.2 Å². The van der Waals surface area contributed by atoms with Crippen molar-refractivity contribution in [1.29, 1.82) is 0 Å². The summed E-state index contributed by atoms with van der Waals surface area (Å²) in [6.45, 7) is 10.3. The first kappa shape index (κ1) is 12.9. The third-order valence-corrected chi connectivity index (χ3v) is 5.71. The first-order valence-electron chi connectivity index (χ1n) is 8.08. The molecule has 2 heterocycles. The predicted molar refractivity (Wildman–Crippen MR) is 76.7 cm³/mol. The van der Waals surface area contributed by atoms with Crippen LogP contribution in [-0.2, 0) is 0 Å². The molecule has 1 N–H and O–H groups in total. The number of piperidine rings is 1. The van der Waals surface area contributed by atoms with Crippen molar-refractivity contribution in [2.24, 2.45) is 17.3 Å². The van der Waals surface area contributed by atoms with Gasteiger partial charge in [-0.25, -0.2) is 0 Å². The van der Waals surface area contributed by atoms with Crippen molar-refractivity contribution < 1.29 is 0 Å². The fourth-order valence-corrected chi connectivity index (χ4v) is 4.30. The molecule has 0 bridgehead atoms. The molecular weight excluding hydrogens is 220 g/mol. The lowest BCUT2D eigenvalue weighted by atomic mass is 9.73. The molecule has 0 aromatic rings. The smallest absolute Gasteiger partial charge is 0.0120 e. The summed E-state index contributed by atoms with van der Waals surface area (Å²) in [5.74, 6) is 1.95. The quantitative estimate of drug-likeness (QED) is 0.810. The average Bonchev–Trinajstić information content (AvgIpc) is 2.79. The summed E-state index contributed by atoms with van der Waals surface area (Å²) in [4.78, 5) is 2.77. The van der Waals surface area contributed by atoms with Gasteiger partial charge in [0.2, 0.25) is 0 Å². The normalized spacial score (nSPS) is 37.7. The highest BCUT2D eigenvalue weighted by atomic mass is 15.2. The largest absolute Gasteiger partial charge is 0.314 e. The Bertz CT molecular complexity index is 277. The zero-order valence-corrected chi connectivity index (χ0v) is 12.3. The van der Waals surface area contributed by atoms with E-state index in [1.165, 1.54) is 64.7 Å². The predicted octanol–water partition coefficient (Wildman–Crippen LogP) is 2.89. The van der Waals surface area contributed by atoms with Crippen LogP contribution in [0.25, 0.3) is 0 Å². The number of nitrogens with zero attached hydrogens (tertiary/aromatic N) is 1. The van der Waals surface area contributed by atoms with Crippen LogP contribution in [-0.4, -0.2) is 37.1 Å². The van der Waals surface area contributed by atoms with E-state index in [2.05, 4.69) is 24.1 Å². The van der Waals surface area contributed by atoms with E-state index in [0.717, 1.165) is 17.9 Å². The highest BCUT2D eigenvalue weighted by Crippen LogP contribution is 2.38. The van der Waals surface area contributed by atoms with Gasteiger partial charge in [0.1, 0.15) is 0 Å². The second-order valence-electron chi connectivity index (χ2n) is 7.77. The molecule has 104 valence electrons. The fourth-order valence-electron chi connectivity index (χ4n) is 4.30. The number of hydrogen-bond acceptors (Lipinski definition) is 2. The molecule has 0 amide bonds. The van der Waals surface area contributed by atoms with Gasteiger partial charge in [-0.2, -0.15) is 0 Å². The number of rotatable bonds is 2. The average molecular weight is 250 g/mol. The molecule has 0 aromatic heterocycles. The van der Waals surface area contributed by atoms with Gasteiger partial charge in [-0.3, -0.25) is 0 Å². The van der Waals surface area contributed by atoms with Gasteiger partial charge in [-0.15, -0.1) is 0 Å². The van der Waals surface area contributed by atoms with Gasteiger partial charge in [0.25, 0.3) is 0 Å². The molecule has 0 radical (unpaired) electrons. The molecule has 3 rings (SSSR count). The first-order chi connectivity index (χ1) is 8.62. The maximum absolute atomic E-state index is 3.67. The molecule has 3 aliphatic rings. The maximum atomic E-state index is 3.67. The molecule has 2 atom stereocenters. The molecule has 2 saturated heterocycles. The van der Waals surface area contributed by atoms with E-state index >= 15 is 0 Å². The lowest BCUT2D eigenvalue weighted by Gasteiger charge is -2.40. The molecule has 1 aliphatic carbocycles. The maximum Gasteiger partial charge on any atom is 0.0120 e. The lowest BCUT2D eigenvalue weighted by Crippen LogP contribution is -2.46. The summed E-state index contributed by atoms with van der Waals surface area (Å²) in [5.41, 5.74) is 0.624. The van der Waals surface area contributed by atoms with Gasteiger partial charge in [0.15, 0.2) is 0 Å². The fraction of sp³-hybridized carbons (Fsp3) is 1.00. The third-order valence-electron chi connectivity index (χ3n) is 5.71. The Balaban J connectivity index is 1.46. The van der Waals surface area contributed by atoms with Gasteiger partial charge < -0.3 is 10.2 Å². The van der Waals surface area contributed by atoms with E-state index in [0.29, 0.717) is 5.41 Å². The van der Waals surface area contributed by atoms with E-state index < -0.39 is 0 Å². The Morgan fingerprint density at radius 3 is 2.67 bits per heavy atom. The summed E-state index contributed by atoms with van der Waals surface area (Å²) < 4.78 is 0. The zero-order chi connectivity index (χ0) is 12.6. The van der Waals surface area contributed by atoms with Crippen molar-refractivity contribution in [3.63, 3.8) is 0 Å². The minimum absolute atomic E-state index is 0.624. The second-order valence-corrected chi connectivity index (χ2v) is 7.77. The molecule has 1 saturated carbocycles. The van der Waals surface area contributed by atoms with Crippen molar-refractivity contribution >= 4 is 0 Å². The minimum atomic E-state index is 0.624. The molecule has 2 heteroatoms. The standard InChI is InChI=1S/C16H30N2/c1-16(2)7-3-13(4-8-16)11-18-10-6-15-14(12-18)5-9-17-15/h13-15,17H,3-12H2,1-2H3. The van der Waals surface area contributed by atoms with Crippen LogP contribution in [0.5, 0.6) is 0 Å². The summed E-state index contributed by atoms with van der Waals surface area (Å²) in [6, 6.07) is 0.853. The van der Waals surface area contributed by atoms with Crippen LogP contribution in [0, 0.1) is 17.3 Å². The molecular formula is C16H30N2. The summed E-state index contributed by atoms with van der Waals surface area (Å²) in [5, 5.41) is 3.67. The molecule has 0 aromatic carbocycles. The van der Waals surface area contributed by atoms with Gasteiger partial charge in [0, 0.05) is 19.1 Å². The van der Waals surface area contributed by atoms with Crippen LogP contribution < -0.4 is 5.32 Å². The Labute approximate surface area is 113 Å². The summed E-state index contributed by atoms with van der Waals surface area (Å²) >= 11 is 0. The topological polar surface area (TPSA) is 15.3 Å². The Kier molecular flexibility index (Phi) is 3.68. The monoisotopic (exact) mass is 250 g/mol. The van der Waals surface area contributed by atoms with E-state index in [-0.39, 0.29) is 0 Å². The molecule has 0 spiro atoms. The van der Waals surface area contributed by atoms with Crippen molar-refractivity contribution in [2.45, 2.75) is 58.4 Å². The van der Waals surface area contributed by atoms with E-state index in [9.17, 15) is 0 Å². The first-order valence-corrected chi connectivity index (χ1v) is 8.08. The summed E-state index contributed by atoms with van der Waals surface area (Å²) in [7, 11) is 0. The van der Waals surface area contributed by atoms with Crippen LogP contribution in [0.2, 0.25) is 0 Å². The van der Waals surface area contributed by atoms with Crippen molar-refractivity contribution in [2.75, 3.05) is 26.2 Å². The van der Waals surface area contributed by atoms with Gasteiger partial charge >= 0.3 is 0 Å². The van der Waals surface area contributed by atoms with E-state index in [4.69, 9.17) is 0 Å². The molecule has 2 aliphatic heterocycles. The van der Waals surface area contributed by atoms with Gasteiger partial charge in [0.05, 0.1) is 0 Å². The highest BCUT2D eigenvalue weighted by molar-refractivity contribution is 4.91. The number of fused-ring (bicyclic) bond motifs is 1. The zero-order valence-electron chi connectivity index (χ0n) is 12.3. The number of hydrogen-bond donors (Lipinski definition) is 1. The SMILES string of the molecule is CC1(C)CCC(CN2CCC3NCCC3C2)CC1. The van der Waals surface area contributed by atoms with Crippen LogP contribution in [0.4, 0.5) is 0 Å². The summed E-state index contributed by atoms with van der Waals surface area (Å²) in [6.07, 6.45) is 8.63. The van der Waals surface area contributed by atoms with Crippen molar-refractivity contribution in [3.8, 4) is 0 Å². The molecule has 2 unspecified atom stereocenters. The van der Waals surface area contributed by atoms with Gasteiger partial charge in [-0.1, -0.05) is 13.8 Å². The Morgan fingerprint density at radius 2 is 1.89 bits per heavy atom. The van der Waals surface area contributed by atoms with Crippen molar-refractivity contribution in [3.05, 3.63) is 0 Å². The van der Waals surface area contributed by atoms with Crippen LogP contribution in [0.3, 0.4) is 0 Å². The van der Waals surface area contributed by atoms with E-state index in [1.54, 1.807) is 0 Å². The minimum Gasteiger partial charge on any atom is -0.314 e. The third kappa shape index (κ3) is 2.91. The molecule has 3 fully saturated rings. The number of nitrogens with one attached hydrogen (secondary N) is 1. The van der Waals surface area contributed by atoms with Crippen LogP contribution >= 0.6 is 0 Å². The molecule has 18 heavy (non-hydrogen) atoms. The van der Waals surface area contributed by atoms with Crippen LogP contribution in [0.1, 0.15) is 52.4 Å². The Hall–Kier alpha value is -0.0800. The van der Waals surface area contributed by atoms with Crippen LogP contribution in [0.15, 0.2) is 0 Å². The highest BCUT2D eigenvalue weighted by Gasteiger charge is 2.34. The Morgan fingerprint density at radius 1 is 1.11 bits per heavy atom. The molecule has 2 nitrogen and oxygen atoms in total. The number of likely N-dealkylation sites (tertiary alicyclic amines) is 1. The lowest BCUT2D eigenvalue weighted by molar-refractivity contribution is 0.106. The second kappa shape index (κ2) is 5.13. The van der Waals surface area contributed by atoms with E-state index in [1.807, 2.05) is 0 Å².